The predicted octanol–water partition coefficient (Wildman–Crippen LogP) is 0.859. The van der Waals surface area contributed by atoms with Crippen LogP contribution in [0.4, 0.5) is 10.7 Å². The summed E-state index contributed by atoms with van der Waals surface area (Å²) in [6.45, 7) is 3.37. The van der Waals surface area contributed by atoms with Crippen LogP contribution in [0.3, 0.4) is 0 Å². The summed E-state index contributed by atoms with van der Waals surface area (Å²) in [5, 5.41) is 12.3. The number of rotatable bonds is 3. The van der Waals surface area contributed by atoms with E-state index in [0.29, 0.717) is 5.92 Å². The largest absolute Gasteiger partial charge is 0.396 e. The van der Waals surface area contributed by atoms with E-state index in [1.54, 1.807) is 12.4 Å². The van der Waals surface area contributed by atoms with Crippen LogP contribution in [0, 0.1) is 5.92 Å². The Bertz CT molecular complexity index is 504. The number of aliphatic hydroxyl groups is 1. The van der Waals surface area contributed by atoms with Gasteiger partial charge in [0.2, 0.25) is 5.95 Å². The fourth-order valence-corrected chi connectivity index (χ4v) is 3.32. The summed E-state index contributed by atoms with van der Waals surface area (Å²) in [4.78, 5) is 25.0. The first-order valence-corrected chi connectivity index (χ1v) is 8.44. The van der Waals surface area contributed by atoms with E-state index in [1.807, 2.05) is 11.0 Å². The van der Waals surface area contributed by atoms with E-state index in [4.69, 9.17) is 0 Å². The Balaban J connectivity index is 1.51. The van der Waals surface area contributed by atoms with E-state index in [9.17, 15) is 9.90 Å². The number of likely N-dealkylation sites (tertiary alicyclic amines) is 1. The smallest absolute Gasteiger partial charge is 0.317 e. The van der Waals surface area contributed by atoms with Gasteiger partial charge in [-0.25, -0.2) is 14.8 Å². The fraction of sp³-hybridized carbons (Fsp3) is 0.688. The maximum absolute atomic E-state index is 12.4. The quantitative estimate of drug-likeness (QED) is 0.863. The minimum absolute atomic E-state index is 0.0159. The SMILES string of the molecule is O=C(N[C@@H]1CCCN(c2ncccn2)C1)N1CCC(CO)CC1. The van der Waals surface area contributed by atoms with Crippen LogP contribution in [-0.4, -0.2) is 64.8 Å². The third kappa shape index (κ3) is 4.10. The maximum Gasteiger partial charge on any atom is 0.317 e. The molecule has 7 nitrogen and oxygen atoms in total. The average Bonchev–Trinajstić information content (AvgIpc) is 2.63. The molecule has 0 unspecified atom stereocenters. The van der Waals surface area contributed by atoms with Gasteiger partial charge < -0.3 is 20.2 Å². The predicted molar refractivity (Wildman–Crippen MR) is 87.2 cm³/mol. The first kappa shape index (κ1) is 16.0. The monoisotopic (exact) mass is 319 g/mol. The van der Waals surface area contributed by atoms with Gasteiger partial charge in [-0.15, -0.1) is 0 Å². The summed E-state index contributed by atoms with van der Waals surface area (Å²) in [5.74, 6) is 1.08. The third-order valence-corrected chi connectivity index (χ3v) is 4.74. The molecule has 2 aliphatic heterocycles. The van der Waals surface area contributed by atoms with Gasteiger partial charge in [-0.1, -0.05) is 0 Å². The van der Waals surface area contributed by atoms with Gasteiger partial charge >= 0.3 is 6.03 Å². The number of urea groups is 1. The van der Waals surface area contributed by atoms with Crippen molar-refractivity contribution < 1.29 is 9.90 Å². The second kappa shape index (κ2) is 7.59. The van der Waals surface area contributed by atoms with E-state index in [1.165, 1.54) is 0 Å². The van der Waals surface area contributed by atoms with Gasteiger partial charge in [0, 0.05) is 51.2 Å². The molecule has 1 aromatic heterocycles. The number of amides is 2. The highest BCUT2D eigenvalue weighted by molar-refractivity contribution is 5.74. The standard InChI is InChI=1S/C16H25N5O2/c22-12-13-4-9-20(10-5-13)16(23)19-14-3-1-8-21(11-14)15-17-6-2-7-18-15/h2,6-7,13-14,22H,1,3-5,8-12H2,(H,19,23)/t14-/m1/s1. The van der Waals surface area contributed by atoms with Crippen molar-refractivity contribution in [2.45, 2.75) is 31.7 Å². The van der Waals surface area contributed by atoms with Gasteiger partial charge in [0.1, 0.15) is 0 Å². The summed E-state index contributed by atoms with van der Waals surface area (Å²) >= 11 is 0. The molecule has 1 atom stereocenters. The highest BCUT2D eigenvalue weighted by Crippen LogP contribution is 2.18. The van der Waals surface area contributed by atoms with Gasteiger partial charge in [0.25, 0.3) is 0 Å². The Labute approximate surface area is 136 Å². The van der Waals surface area contributed by atoms with Crippen molar-refractivity contribution in [1.82, 2.24) is 20.2 Å². The number of nitrogens with zero attached hydrogens (tertiary/aromatic N) is 4. The highest BCUT2D eigenvalue weighted by Gasteiger charge is 2.27. The van der Waals surface area contributed by atoms with Crippen LogP contribution in [0.5, 0.6) is 0 Å². The number of aromatic nitrogens is 2. The zero-order chi connectivity index (χ0) is 16.1. The van der Waals surface area contributed by atoms with Crippen LogP contribution >= 0.6 is 0 Å². The number of aliphatic hydroxyl groups excluding tert-OH is 1. The highest BCUT2D eigenvalue weighted by atomic mass is 16.3. The second-order valence-corrected chi connectivity index (χ2v) is 6.40. The van der Waals surface area contributed by atoms with E-state index in [-0.39, 0.29) is 18.7 Å². The number of carbonyl (C=O) groups excluding carboxylic acids is 1. The lowest BCUT2D eigenvalue weighted by atomic mass is 9.98. The minimum atomic E-state index is 0.0159. The van der Waals surface area contributed by atoms with Crippen molar-refractivity contribution >= 4 is 12.0 Å². The lowest BCUT2D eigenvalue weighted by Crippen LogP contribution is -2.53. The van der Waals surface area contributed by atoms with Gasteiger partial charge in [-0.3, -0.25) is 0 Å². The molecule has 23 heavy (non-hydrogen) atoms. The molecule has 0 saturated carbocycles. The first-order valence-electron chi connectivity index (χ1n) is 8.44. The molecule has 1 aromatic rings. The summed E-state index contributed by atoms with van der Waals surface area (Å²) < 4.78 is 0. The number of nitrogens with one attached hydrogen (secondary N) is 1. The molecule has 0 aromatic carbocycles. The number of piperidine rings is 2. The lowest BCUT2D eigenvalue weighted by Gasteiger charge is -2.36. The fourth-order valence-electron chi connectivity index (χ4n) is 3.32. The summed E-state index contributed by atoms with van der Waals surface area (Å²) in [7, 11) is 0. The van der Waals surface area contributed by atoms with Crippen molar-refractivity contribution in [1.29, 1.82) is 0 Å². The van der Waals surface area contributed by atoms with Crippen LogP contribution in [0.1, 0.15) is 25.7 Å². The van der Waals surface area contributed by atoms with Gasteiger partial charge in [0.05, 0.1) is 0 Å². The zero-order valence-electron chi connectivity index (χ0n) is 13.4. The second-order valence-electron chi connectivity index (χ2n) is 6.40. The number of anilines is 1. The van der Waals surface area contributed by atoms with Crippen LogP contribution in [0.25, 0.3) is 0 Å². The van der Waals surface area contributed by atoms with Crippen molar-refractivity contribution in [3.63, 3.8) is 0 Å². The summed E-state index contributed by atoms with van der Waals surface area (Å²) in [5.41, 5.74) is 0. The zero-order valence-corrected chi connectivity index (χ0v) is 13.4. The Morgan fingerprint density at radius 1 is 1.22 bits per heavy atom. The van der Waals surface area contributed by atoms with Crippen molar-refractivity contribution in [2.24, 2.45) is 5.92 Å². The van der Waals surface area contributed by atoms with Gasteiger partial charge in [0.15, 0.2) is 0 Å². The van der Waals surface area contributed by atoms with Gasteiger partial charge in [-0.05, 0) is 37.7 Å². The molecule has 0 bridgehead atoms. The minimum Gasteiger partial charge on any atom is -0.396 e. The van der Waals surface area contributed by atoms with Crippen molar-refractivity contribution in [3.8, 4) is 0 Å². The molecule has 3 heterocycles. The third-order valence-electron chi connectivity index (χ3n) is 4.74. The van der Waals surface area contributed by atoms with Crippen molar-refractivity contribution in [2.75, 3.05) is 37.7 Å². The summed E-state index contributed by atoms with van der Waals surface area (Å²) in [6.07, 6.45) is 7.28. The van der Waals surface area contributed by atoms with E-state index < -0.39 is 0 Å². The Hall–Kier alpha value is -1.89. The molecular weight excluding hydrogens is 294 g/mol. The normalized spacial score (nSPS) is 22.9. The molecule has 2 aliphatic rings. The molecule has 0 radical (unpaired) electrons. The molecule has 2 saturated heterocycles. The van der Waals surface area contributed by atoms with Crippen LogP contribution in [0.15, 0.2) is 18.5 Å². The van der Waals surface area contributed by atoms with Crippen LogP contribution < -0.4 is 10.2 Å². The maximum atomic E-state index is 12.4. The number of carbonyl (C=O) groups is 1. The number of hydrogen-bond donors (Lipinski definition) is 2. The van der Waals surface area contributed by atoms with Crippen molar-refractivity contribution in [3.05, 3.63) is 18.5 Å². The molecule has 3 rings (SSSR count). The molecule has 126 valence electrons. The lowest BCUT2D eigenvalue weighted by molar-refractivity contribution is 0.135. The number of hydrogen-bond acceptors (Lipinski definition) is 5. The topological polar surface area (TPSA) is 81.6 Å². The van der Waals surface area contributed by atoms with E-state index in [2.05, 4.69) is 20.2 Å². The molecular formula is C16H25N5O2. The Kier molecular flexibility index (Phi) is 5.27. The Morgan fingerprint density at radius 3 is 2.65 bits per heavy atom. The molecule has 2 fully saturated rings. The molecule has 0 aliphatic carbocycles. The molecule has 2 N–H and O–H groups in total. The van der Waals surface area contributed by atoms with Gasteiger partial charge in [-0.2, -0.15) is 0 Å². The molecule has 7 heteroatoms. The summed E-state index contributed by atoms with van der Waals surface area (Å²) in [6, 6.07) is 1.96. The Morgan fingerprint density at radius 2 is 1.96 bits per heavy atom. The van der Waals surface area contributed by atoms with E-state index >= 15 is 0 Å². The van der Waals surface area contributed by atoms with Crippen LogP contribution in [-0.2, 0) is 0 Å². The first-order chi connectivity index (χ1) is 11.3. The average molecular weight is 319 g/mol. The van der Waals surface area contributed by atoms with Crippen LogP contribution in [0.2, 0.25) is 0 Å². The van der Waals surface area contributed by atoms with E-state index in [0.717, 1.165) is 57.8 Å². The molecule has 0 spiro atoms. The molecule has 2 amide bonds.